The molecule has 2 aromatic rings. The molecule has 6 heteroatoms. The molecule has 1 aliphatic heterocycles. The number of amides is 1. The van der Waals surface area contributed by atoms with E-state index in [2.05, 4.69) is 4.90 Å². The first-order valence-corrected chi connectivity index (χ1v) is 8.98. The number of carbonyl (C=O) groups excluding carboxylic acids is 1. The van der Waals surface area contributed by atoms with Crippen LogP contribution in [-0.2, 0) is 0 Å². The molecule has 0 spiro atoms. The quantitative estimate of drug-likeness (QED) is 0.626. The van der Waals surface area contributed by atoms with Gasteiger partial charge in [-0.05, 0) is 24.5 Å². The molecular weight excluding hydrogens is 330 g/mol. The number of piperazine rings is 1. The minimum absolute atomic E-state index is 0.0853. The number of nitrogens with zero attached hydrogens (tertiary/aromatic N) is 3. The summed E-state index contributed by atoms with van der Waals surface area (Å²) < 4.78 is 0. The summed E-state index contributed by atoms with van der Waals surface area (Å²) in [5, 5.41) is 11.3. The van der Waals surface area contributed by atoms with Crippen molar-refractivity contribution in [3.05, 3.63) is 75.8 Å². The molecule has 1 saturated heterocycles. The Morgan fingerprint density at radius 1 is 1.00 bits per heavy atom. The Labute approximate surface area is 152 Å². The summed E-state index contributed by atoms with van der Waals surface area (Å²) in [6.45, 7) is 2.18. The van der Waals surface area contributed by atoms with Crippen LogP contribution in [0.4, 0.5) is 5.69 Å². The van der Waals surface area contributed by atoms with Crippen LogP contribution in [0.2, 0.25) is 0 Å². The highest BCUT2D eigenvalue weighted by Crippen LogP contribution is 2.34. The molecule has 0 radical (unpaired) electrons. The van der Waals surface area contributed by atoms with Crippen LogP contribution in [0, 0.1) is 10.1 Å². The van der Waals surface area contributed by atoms with Crippen molar-refractivity contribution >= 4 is 11.6 Å². The number of hydrogen-bond acceptors (Lipinski definition) is 4. The van der Waals surface area contributed by atoms with Crippen molar-refractivity contribution in [2.75, 3.05) is 19.6 Å². The van der Waals surface area contributed by atoms with Crippen LogP contribution < -0.4 is 0 Å². The number of nitro benzene ring substituents is 1. The zero-order chi connectivity index (χ0) is 18.1. The van der Waals surface area contributed by atoms with Crippen molar-refractivity contribution in [3.63, 3.8) is 0 Å². The number of carbonyl (C=O) groups is 1. The lowest BCUT2D eigenvalue weighted by atomic mass is 10.0. The Balaban J connectivity index is 1.67. The van der Waals surface area contributed by atoms with E-state index >= 15 is 0 Å². The number of para-hydroxylation sites is 1. The third-order valence-electron chi connectivity index (χ3n) is 5.25. The average molecular weight is 351 g/mol. The molecule has 134 valence electrons. The SMILES string of the molecule is O=C(c1ccccc1[N+](=O)[O-])N1CCN(C2CC2)CC1c1ccccc1. The molecule has 0 bridgehead atoms. The minimum atomic E-state index is -0.481. The molecular formula is C20H21N3O3. The van der Waals surface area contributed by atoms with Crippen molar-refractivity contribution < 1.29 is 9.72 Å². The van der Waals surface area contributed by atoms with Gasteiger partial charge in [0, 0.05) is 31.7 Å². The second kappa shape index (κ2) is 6.88. The average Bonchev–Trinajstić information content (AvgIpc) is 3.53. The molecule has 0 N–H and O–H groups in total. The van der Waals surface area contributed by atoms with E-state index < -0.39 is 4.92 Å². The van der Waals surface area contributed by atoms with Crippen LogP contribution in [0.3, 0.4) is 0 Å². The molecule has 2 aromatic carbocycles. The predicted octanol–water partition coefficient (Wildman–Crippen LogP) is 3.26. The van der Waals surface area contributed by atoms with E-state index in [1.54, 1.807) is 23.1 Å². The van der Waals surface area contributed by atoms with Crippen LogP contribution in [-0.4, -0.2) is 46.3 Å². The molecule has 26 heavy (non-hydrogen) atoms. The van der Waals surface area contributed by atoms with E-state index in [-0.39, 0.29) is 23.2 Å². The summed E-state index contributed by atoms with van der Waals surface area (Å²) in [4.78, 5) is 28.3. The van der Waals surface area contributed by atoms with Crippen LogP contribution in [0.15, 0.2) is 54.6 Å². The molecule has 1 saturated carbocycles. The highest BCUT2D eigenvalue weighted by atomic mass is 16.6. The van der Waals surface area contributed by atoms with Gasteiger partial charge in [0.25, 0.3) is 11.6 Å². The van der Waals surface area contributed by atoms with Gasteiger partial charge in [-0.15, -0.1) is 0 Å². The molecule has 4 rings (SSSR count). The molecule has 1 atom stereocenters. The van der Waals surface area contributed by atoms with Crippen molar-refractivity contribution in [3.8, 4) is 0 Å². The van der Waals surface area contributed by atoms with Crippen molar-refractivity contribution in [1.82, 2.24) is 9.80 Å². The summed E-state index contributed by atoms with van der Waals surface area (Å²) in [5.74, 6) is -0.262. The largest absolute Gasteiger partial charge is 0.329 e. The fraction of sp³-hybridized carbons (Fsp3) is 0.350. The zero-order valence-corrected chi connectivity index (χ0v) is 14.5. The van der Waals surface area contributed by atoms with Gasteiger partial charge >= 0.3 is 0 Å². The Morgan fingerprint density at radius 3 is 2.38 bits per heavy atom. The van der Waals surface area contributed by atoms with Gasteiger partial charge in [-0.25, -0.2) is 0 Å². The first-order valence-electron chi connectivity index (χ1n) is 8.98. The van der Waals surface area contributed by atoms with E-state index in [0.717, 1.165) is 18.7 Å². The van der Waals surface area contributed by atoms with Gasteiger partial charge in [0.15, 0.2) is 0 Å². The summed E-state index contributed by atoms with van der Waals surface area (Å²) in [6.07, 6.45) is 2.44. The summed E-state index contributed by atoms with van der Waals surface area (Å²) in [5.41, 5.74) is 1.11. The maximum atomic E-state index is 13.2. The van der Waals surface area contributed by atoms with Crippen LogP contribution in [0.1, 0.15) is 34.8 Å². The fourth-order valence-corrected chi connectivity index (χ4v) is 3.75. The lowest BCUT2D eigenvalue weighted by molar-refractivity contribution is -0.385. The van der Waals surface area contributed by atoms with E-state index in [9.17, 15) is 14.9 Å². The Kier molecular flexibility index (Phi) is 4.42. The van der Waals surface area contributed by atoms with E-state index in [4.69, 9.17) is 0 Å². The van der Waals surface area contributed by atoms with Gasteiger partial charge in [-0.2, -0.15) is 0 Å². The molecule has 6 nitrogen and oxygen atoms in total. The summed E-state index contributed by atoms with van der Waals surface area (Å²) >= 11 is 0. The second-order valence-corrected chi connectivity index (χ2v) is 6.93. The molecule has 2 aliphatic rings. The smallest absolute Gasteiger partial charge is 0.282 e. The van der Waals surface area contributed by atoms with Crippen molar-refractivity contribution in [2.45, 2.75) is 24.9 Å². The molecule has 0 aromatic heterocycles. The van der Waals surface area contributed by atoms with Crippen LogP contribution in [0.25, 0.3) is 0 Å². The zero-order valence-electron chi connectivity index (χ0n) is 14.5. The van der Waals surface area contributed by atoms with Gasteiger partial charge in [-0.3, -0.25) is 19.8 Å². The van der Waals surface area contributed by atoms with Gasteiger partial charge in [0.05, 0.1) is 11.0 Å². The van der Waals surface area contributed by atoms with Crippen LogP contribution >= 0.6 is 0 Å². The normalized spacial score (nSPS) is 20.8. The highest BCUT2D eigenvalue weighted by molar-refractivity contribution is 5.98. The Morgan fingerprint density at radius 2 is 1.69 bits per heavy atom. The highest BCUT2D eigenvalue weighted by Gasteiger charge is 2.39. The maximum Gasteiger partial charge on any atom is 0.282 e. The fourth-order valence-electron chi connectivity index (χ4n) is 3.75. The summed E-state index contributed by atoms with van der Waals surface area (Å²) in [7, 11) is 0. The first-order chi connectivity index (χ1) is 12.6. The number of rotatable bonds is 4. The molecule has 1 unspecified atom stereocenters. The minimum Gasteiger partial charge on any atom is -0.329 e. The van der Waals surface area contributed by atoms with E-state index in [1.165, 1.54) is 18.9 Å². The standard InChI is InChI=1S/C20H21N3O3/c24-20(17-8-4-5-9-18(17)23(25)26)22-13-12-21(16-10-11-16)14-19(22)15-6-2-1-3-7-15/h1-9,16,19H,10-14H2. The molecule has 2 fully saturated rings. The lowest BCUT2D eigenvalue weighted by Crippen LogP contribution is -2.51. The van der Waals surface area contributed by atoms with Crippen molar-refractivity contribution in [2.24, 2.45) is 0 Å². The third-order valence-corrected chi connectivity index (χ3v) is 5.25. The van der Waals surface area contributed by atoms with E-state index in [1.807, 2.05) is 30.3 Å². The Bertz CT molecular complexity index is 820. The molecule has 1 aliphatic carbocycles. The number of hydrogen-bond donors (Lipinski definition) is 0. The lowest BCUT2D eigenvalue weighted by Gasteiger charge is -2.42. The maximum absolute atomic E-state index is 13.2. The molecule has 1 heterocycles. The number of nitro groups is 1. The second-order valence-electron chi connectivity index (χ2n) is 6.93. The number of benzene rings is 2. The predicted molar refractivity (Wildman–Crippen MR) is 97.9 cm³/mol. The van der Waals surface area contributed by atoms with Crippen molar-refractivity contribution in [1.29, 1.82) is 0 Å². The van der Waals surface area contributed by atoms with Gasteiger partial charge in [0.2, 0.25) is 0 Å². The first kappa shape index (κ1) is 16.7. The van der Waals surface area contributed by atoms with Gasteiger partial charge in [0.1, 0.15) is 5.56 Å². The molecule has 1 amide bonds. The topological polar surface area (TPSA) is 66.7 Å². The van der Waals surface area contributed by atoms with Gasteiger partial charge in [-0.1, -0.05) is 42.5 Å². The van der Waals surface area contributed by atoms with Crippen LogP contribution in [0.5, 0.6) is 0 Å². The Hall–Kier alpha value is -2.73. The third kappa shape index (κ3) is 3.20. The summed E-state index contributed by atoms with van der Waals surface area (Å²) in [6, 6.07) is 16.7. The monoisotopic (exact) mass is 351 g/mol. The van der Waals surface area contributed by atoms with E-state index in [0.29, 0.717) is 12.6 Å². The van der Waals surface area contributed by atoms with Gasteiger partial charge < -0.3 is 4.90 Å².